The van der Waals surface area contributed by atoms with Crippen LogP contribution in [0.3, 0.4) is 0 Å². The Morgan fingerprint density at radius 2 is 1.89 bits per heavy atom. The maximum Gasteiger partial charge on any atom is 0.207 e. The van der Waals surface area contributed by atoms with Gasteiger partial charge in [-0.3, -0.25) is 4.57 Å². The van der Waals surface area contributed by atoms with Crippen LogP contribution in [0.1, 0.15) is 13.3 Å². The number of hydrogen-bond acceptors (Lipinski definition) is 2. The van der Waals surface area contributed by atoms with Crippen molar-refractivity contribution in [1.82, 2.24) is 9.55 Å². The fraction of sp³-hybridized carbons (Fsp3) is 0.250. The first kappa shape index (κ1) is 13.5. The molecule has 96 valence electrons. The topological polar surface area (TPSA) is 29.9 Å². The molecule has 18 heavy (non-hydrogen) atoms. The van der Waals surface area contributed by atoms with E-state index in [1.165, 1.54) is 0 Å². The predicted molar refractivity (Wildman–Crippen MR) is 77.4 cm³/mol. The summed E-state index contributed by atoms with van der Waals surface area (Å²) in [7, 11) is 0. The monoisotopic (exact) mass is 303 g/mol. The van der Waals surface area contributed by atoms with Gasteiger partial charge in [0.2, 0.25) is 5.95 Å². The van der Waals surface area contributed by atoms with E-state index >= 15 is 0 Å². The molecule has 0 unspecified atom stereocenters. The molecule has 0 aliphatic carbocycles. The van der Waals surface area contributed by atoms with Crippen molar-refractivity contribution in [2.45, 2.75) is 13.3 Å². The van der Waals surface area contributed by atoms with Crippen molar-refractivity contribution in [3.63, 3.8) is 0 Å². The van der Waals surface area contributed by atoms with Gasteiger partial charge in [-0.15, -0.1) is 0 Å². The van der Waals surface area contributed by atoms with Crippen molar-refractivity contribution in [3.05, 3.63) is 39.6 Å². The van der Waals surface area contributed by atoms with Gasteiger partial charge < -0.3 is 5.32 Å². The highest BCUT2D eigenvalue weighted by Gasteiger charge is 2.11. The number of rotatable bonds is 4. The Kier molecular flexibility index (Phi) is 4.38. The molecule has 0 saturated carbocycles. The predicted octanol–water partition coefficient (Wildman–Crippen LogP) is 4.65. The largest absolute Gasteiger partial charge is 0.355 e. The first-order chi connectivity index (χ1) is 8.63. The van der Waals surface area contributed by atoms with Crippen LogP contribution in [0, 0.1) is 0 Å². The van der Waals surface area contributed by atoms with Crippen LogP contribution >= 0.6 is 34.8 Å². The minimum atomic E-state index is 0.439. The Labute approximate surface area is 121 Å². The van der Waals surface area contributed by atoms with Gasteiger partial charge >= 0.3 is 0 Å². The maximum atomic E-state index is 6.18. The summed E-state index contributed by atoms with van der Waals surface area (Å²) in [5, 5.41) is 4.65. The van der Waals surface area contributed by atoms with E-state index in [-0.39, 0.29) is 0 Å². The van der Waals surface area contributed by atoms with Gasteiger partial charge in [0.15, 0.2) is 0 Å². The second-order valence-corrected chi connectivity index (χ2v) is 4.99. The molecule has 0 fully saturated rings. The molecular formula is C12H12Cl3N3. The zero-order valence-electron chi connectivity index (χ0n) is 9.75. The number of nitrogens with one attached hydrogen (secondary N) is 1. The van der Waals surface area contributed by atoms with Gasteiger partial charge in [-0.1, -0.05) is 41.7 Å². The third kappa shape index (κ3) is 2.74. The van der Waals surface area contributed by atoms with Crippen LogP contribution in [0.5, 0.6) is 0 Å². The quantitative estimate of drug-likeness (QED) is 0.833. The van der Waals surface area contributed by atoms with Crippen molar-refractivity contribution in [2.75, 3.05) is 11.9 Å². The van der Waals surface area contributed by atoms with E-state index in [1.807, 2.05) is 10.8 Å². The molecule has 0 saturated heterocycles. The van der Waals surface area contributed by atoms with E-state index in [9.17, 15) is 0 Å². The van der Waals surface area contributed by atoms with E-state index in [1.54, 1.807) is 18.3 Å². The van der Waals surface area contributed by atoms with E-state index < -0.39 is 0 Å². The van der Waals surface area contributed by atoms with Gasteiger partial charge in [0.25, 0.3) is 0 Å². The van der Waals surface area contributed by atoms with Gasteiger partial charge in [0.05, 0.1) is 20.8 Å². The van der Waals surface area contributed by atoms with Crippen LogP contribution in [0.4, 0.5) is 5.95 Å². The summed E-state index contributed by atoms with van der Waals surface area (Å²) >= 11 is 18.1. The summed E-state index contributed by atoms with van der Waals surface area (Å²) in [4.78, 5) is 4.24. The zero-order chi connectivity index (χ0) is 13.1. The minimum absolute atomic E-state index is 0.439. The zero-order valence-corrected chi connectivity index (χ0v) is 12.0. The molecule has 2 aromatic rings. The highest BCUT2D eigenvalue weighted by Crippen LogP contribution is 2.32. The van der Waals surface area contributed by atoms with Crippen molar-refractivity contribution in [3.8, 4) is 5.69 Å². The molecule has 6 heteroatoms. The van der Waals surface area contributed by atoms with Crippen molar-refractivity contribution in [1.29, 1.82) is 0 Å². The van der Waals surface area contributed by atoms with E-state index in [4.69, 9.17) is 34.8 Å². The molecule has 1 aromatic carbocycles. The number of nitrogens with zero attached hydrogens (tertiary/aromatic N) is 2. The minimum Gasteiger partial charge on any atom is -0.355 e. The highest BCUT2D eigenvalue weighted by molar-refractivity contribution is 6.43. The Hall–Kier alpha value is -0.900. The molecule has 0 amide bonds. The second-order valence-electron chi connectivity index (χ2n) is 3.77. The van der Waals surface area contributed by atoms with Crippen molar-refractivity contribution in [2.24, 2.45) is 0 Å². The lowest BCUT2D eigenvalue weighted by Gasteiger charge is -2.11. The fourth-order valence-electron chi connectivity index (χ4n) is 1.56. The molecule has 1 N–H and O–H groups in total. The van der Waals surface area contributed by atoms with E-state index in [2.05, 4.69) is 17.2 Å². The Morgan fingerprint density at radius 3 is 2.61 bits per heavy atom. The average Bonchev–Trinajstić information content (AvgIpc) is 2.79. The van der Waals surface area contributed by atoms with Gasteiger partial charge in [-0.2, -0.15) is 0 Å². The number of imidazole rings is 1. The lowest BCUT2D eigenvalue weighted by Crippen LogP contribution is -2.07. The molecule has 1 aromatic heterocycles. The molecule has 0 aliphatic rings. The first-order valence-electron chi connectivity index (χ1n) is 5.55. The van der Waals surface area contributed by atoms with Gasteiger partial charge in [0, 0.05) is 18.9 Å². The van der Waals surface area contributed by atoms with Gasteiger partial charge in [-0.05, 0) is 18.6 Å². The number of aromatic nitrogens is 2. The van der Waals surface area contributed by atoms with Crippen LogP contribution in [-0.4, -0.2) is 16.1 Å². The van der Waals surface area contributed by atoms with Crippen molar-refractivity contribution >= 4 is 40.8 Å². The highest BCUT2D eigenvalue weighted by atomic mass is 35.5. The molecular weight excluding hydrogens is 293 g/mol. The standard InChI is InChI=1S/C12H12Cl3N3/c1-2-3-16-12-17-4-5-18(12)11-7-9(14)8(13)6-10(11)15/h4-7H,2-3H2,1H3,(H,16,17). The average molecular weight is 305 g/mol. The summed E-state index contributed by atoms with van der Waals surface area (Å²) in [6, 6.07) is 3.36. The fourth-order valence-corrected chi connectivity index (χ4v) is 2.19. The summed E-state index contributed by atoms with van der Waals surface area (Å²) in [5.74, 6) is 0.733. The molecule has 0 radical (unpaired) electrons. The van der Waals surface area contributed by atoms with Crippen LogP contribution in [0.2, 0.25) is 15.1 Å². The summed E-state index contributed by atoms with van der Waals surface area (Å²) in [6.07, 6.45) is 4.54. The SMILES string of the molecule is CCCNc1nccn1-c1cc(Cl)c(Cl)cc1Cl. The second kappa shape index (κ2) is 5.83. The molecule has 0 bridgehead atoms. The normalized spacial score (nSPS) is 10.7. The summed E-state index contributed by atoms with van der Waals surface area (Å²) < 4.78 is 1.85. The number of benzene rings is 1. The Balaban J connectivity index is 2.42. The van der Waals surface area contributed by atoms with Crippen LogP contribution in [0.15, 0.2) is 24.5 Å². The van der Waals surface area contributed by atoms with Crippen LogP contribution in [0.25, 0.3) is 5.69 Å². The third-order valence-corrected chi connectivity index (χ3v) is 3.45. The molecule has 2 rings (SSSR count). The summed E-state index contributed by atoms with van der Waals surface area (Å²) in [5.41, 5.74) is 0.752. The molecule has 0 aliphatic heterocycles. The molecule has 1 heterocycles. The molecule has 3 nitrogen and oxygen atoms in total. The van der Waals surface area contributed by atoms with Crippen LogP contribution < -0.4 is 5.32 Å². The lowest BCUT2D eigenvalue weighted by atomic mass is 10.3. The van der Waals surface area contributed by atoms with Gasteiger partial charge in [-0.25, -0.2) is 4.98 Å². The Morgan fingerprint density at radius 1 is 1.17 bits per heavy atom. The van der Waals surface area contributed by atoms with E-state index in [0.717, 1.165) is 24.6 Å². The smallest absolute Gasteiger partial charge is 0.207 e. The molecule has 0 atom stereocenters. The first-order valence-corrected chi connectivity index (χ1v) is 6.69. The number of anilines is 1. The number of hydrogen-bond donors (Lipinski definition) is 1. The number of halogens is 3. The third-order valence-electron chi connectivity index (χ3n) is 2.42. The van der Waals surface area contributed by atoms with Crippen molar-refractivity contribution < 1.29 is 0 Å². The summed E-state index contributed by atoms with van der Waals surface area (Å²) in [6.45, 7) is 2.93. The van der Waals surface area contributed by atoms with E-state index in [0.29, 0.717) is 15.1 Å². The van der Waals surface area contributed by atoms with Gasteiger partial charge in [0.1, 0.15) is 0 Å². The maximum absolute atomic E-state index is 6.18. The lowest BCUT2D eigenvalue weighted by molar-refractivity contribution is 0.937. The Bertz CT molecular complexity index is 551. The molecule has 0 spiro atoms. The van der Waals surface area contributed by atoms with Crippen LogP contribution in [-0.2, 0) is 0 Å².